The van der Waals surface area contributed by atoms with Gasteiger partial charge in [0.2, 0.25) is 0 Å². The number of nitro benzene ring substituents is 2. The van der Waals surface area contributed by atoms with Crippen LogP contribution in [0.15, 0.2) is 162 Å². The number of rotatable bonds is 19. The predicted molar refractivity (Wildman–Crippen MR) is 419 cm³/mol. The third-order valence-corrected chi connectivity index (χ3v) is 28.2. The van der Waals surface area contributed by atoms with Crippen LogP contribution in [0.5, 0.6) is 0 Å². The van der Waals surface area contributed by atoms with Crippen molar-refractivity contribution >= 4 is 90.3 Å². The normalized spacial score (nSPS) is 13.3. The van der Waals surface area contributed by atoms with Crippen molar-refractivity contribution in [2.24, 2.45) is 4.52 Å². The third kappa shape index (κ3) is 10.5. The Labute approximate surface area is 582 Å². The minimum absolute atomic E-state index is 0.0857. The number of nitro groups is 2. The minimum Gasteiger partial charge on any atom is -0.353 e. The van der Waals surface area contributed by atoms with Crippen LogP contribution in [-0.2, 0) is 81.6 Å². The predicted octanol–water partition coefficient (Wildman–Crippen LogP) is 22.5. The van der Waals surface area contributed by atoms with Crippen LogP contribution < -0.4 is 21.2 Å². The molecule has 0 spiro atoms. The van der Waals surface area contributed by atoms with E-state index in [1.165, 1.54) is 22.3 Å². The lowest BCUT2D eigenvalue weighted by Crippen LogP contribution is -2.20. The average molecular weight is 1340 g/mol. The summed E-state index contributed by atoms with van der Waals surface area (Å²) in [7, 11) is -9.50. The van der Waals surface area contributed by atoms with Crippen LogP contribution in [0, 0.1) is 20.2 Å². The van der Waals surface area contributed by atoms with E-state index in [-0.39, 0.29) is 21.2 Å². The molecular weight excluding hydrogens is 1260 g/mol. The SMILES string of the molecule is CCc1cc(CC)c(-c2cc3ccccc3c3c2P(=O)(N=P2(O)c4c(-c5c(CC)cc(CC)cc5CC)cc5cc([N+](=O)[O-])ccc5c4-c4c2c(-c2c(CC)cc(CC)cc2CC)cc2cc([N+](=O)[O-])ccc42)c2c(-c4c(CC)cc(CC)cc4CC)cc4ccccc4c2-3)c(CC)c1. The van der Waals surface area contributed by atoms with Gasteiger partial charge in [0, 0.05) is 57.1 Å². The van der Waals surface area contributed by atoms with Gasteiger partial charge in [0.1, 0.15) is 0 Å². The molecule has 2 aliphatic heterocycles. The summed E-state index contributed by atoms with van der Waals surface area (Å²) in [6, 6.07) is 54.2. The first-order valence-corrected chi connectivity index (χ1v) is 39.5. The highest BCUT2D eigenvalue weighted by Gasteiger charge is 2.52. The van der Waals surface area contributed by atoms with Gasteiger partial charge in [0.25, 0.3) is 18.7 Å². The highest BCUT2D eigenvalue weighted by Crippen LogP contribution is 2.71. The van der Waals surface area contributed by atoms with Crippen LogP contribution in [-0.4, -0.2) is 14.7 Å². The Hall–Kier alpha value is -9.10. The van der Waals surface area contributed by atoms with Crippen molar-refractivity contribution in [3.8, 4) is 66.8 Å². The van der Waals surface area contributed by atoms with E-state index < -0.39 is 14.6 Å². The van der Waals surface area contributed by atoms with Gasteiger partial charge in [-0.3, -0.25) is 24.8 Å². The zero-order chi connectivity index (χ0) is 69.7. The lowest BCUT2D eigenvalue weighted by Gasteiger charge is -2.28. The van der Waals surface area contributed by atoms with Gasteiger partial charge in [-0.05, 0) is 268 Å². The van der Waals surface area contributed by atoms with Gasteiger partial charge >= 0.3 is 0 Å². The molecule has 0 amide bonds. The maximum Gasteiger partial charge on any atom is 0.270 e. The van der Waals surface area contributed by atoms with E-state index in [1.807, 2.05) is 12.1 Å². The number of hydrogen-bond acceptors (Lipinski definition) is 5. The highest BCUT2D eigenvalue weighted by molar-refractivity contribution is 7.89. The summed E-state index contributed by atoms with van der Waals surface area (Å²) in [5.41, 5.74) is 23.3. The quantitative estimate of drug-likeness (QED) is 0.0486. The molecule has 9 nitrogen and oxygen atoms in total. The van der Waals surface area contributed by atoms with Gasteiger partial charge < -0.3 is 4.89 Å². The molecule has 0 saturated heterocycles. The molecule has 0 radical (unpaired) electrons. The first-order valence-electron chi connectivity index (χ1n) is 36.1. The Balaban J connectivity index is 1.34. The van der Waals surface area contributed by atoms with E-state index in [0.29, 0.717) is 116 Å². The van der Waals surface area contributed by atoms with Gasteiger partial charge in [0.05, 0.1) is 20.5 Å². The fourth-order valence-corrected chi connectivity index (χ4v) is 24.6. The summed E-state index contributed by atoms with van der Waals surface area (Å²) in [5.74, 6) is 0. The maximum atomic E-state index is 20.2. The number of benzene rings is 12. The topological polar surface area (TPSA) is 136 Å². The molecule has 12 aromatic carbocycles. The monoisotopic (exact) mass is 1340 g/mol. The smallest absolute Gasteiger partial charge is 0.270 e. The van der Waals surface area contributed by atoms with Crippen LogP contribution in [0.2, 0.25) is 0 Å². The number of non-ortho nitro benzene ring substituents is 2. The Kier molecular flexibility index (Phi) is 17.8. The van der Waals surface area contributed by atoms with Crippen molar-refractivity contribution in [3.05, 3.63) is 245 Å². The Morgan fingerprint density at radius 3 is 0.838 bits per heavy atom. The fraction of sp³-hybridized carbons (Fsp3) is 0.273. The van der Waals surface area contributed by atoms with Crippen LogP contribution in [0.1, 0.15) is 150 Å². The number of hydrogen-bond donors (Lipinski definition) is 1. The summed E-state index contributed by atoms with van der Waals surface area (Å²) in [6.07, 6.45) is 8.57. The molecule has 11 heteroatoms. The summed E-state index contributed by atoms with van der Waals surface area (Å²) >= 11 is 0. The van der Waals surface area contributed by atoms with E-state index >= 15 is 9.46 Å². The zero-order valence-corrected chi connectivity index (χ0v) is 61.0. The van der Waals surface area contributed by atoms with Gasteiger partial charge in [-0.25, -0.2) is 4.52 Å². The molecule has 0 unspecified atom stereocenters. The van der Waals surface area contributed by atoms with Crippen molar-refractivity contribution in [1.29, 1.82) is 0 Å². The molecule has 0 saturated carbocycles. The molecule has 0 atom stereocenters. The Bertz CT molecular complexity index is 5130. The summed E-state index contributed by atoms with van der Waals surface area (Å²) in [5, 5.41) is 35.0. The minimum atomic E-state index is -4.79. The molecule has 99 heavy (non-hydrogen) atoms. The maximum absolute atomic E-state index is 20.2. The van der Waals surface area contributed by atoms with Gasteiger partial charge in [-0.15, -0.1) is 0 Å². The standard InChI is InChI=1S/C88H87N3O6P2/c1-13-51-37-55(17-5)77(56(18-6)38-51)73-47-63-29-25-27-31-69(63)81-82-70-32-28-26-30-64(70)48-74(78-57(19-7)39-52(14-2)40-58(78)20-8)86(82)98(96,85(73)81)89-99(97)87-75(79-59(21-9)41-53(15-3)42-60(79)22-10)49-65-45-67(90(92)93)33-35-71(65)83(87)84-72-36-34-68(91(94)95)46-66(72)50-76(88(84)99)80-61(23-11)43-54(16-4)44-62(80)24-12/h25-50,97H,13-24H2,1-12H3. The zero-order valence-electron chi connectivity index (χ0n) is 59.2. The van der Waals surface area contributed by atoms with Gasteiger partial charge in [-0.1, -0.05) is 180 Å². The fourth-order valence-electron chi connectivity index (χ4n) is 17.1. The summed E-state index contributed by atoms with van der Waals surface area (Å²) < 4.78 is 26.8. The molecule has 0 aliphatic carbocycles. The first-order chi connectivity index (χ1) is 47.9. The highest BCUT2D eigenvalue weighted by atomic mass is 31.2. The van der Waals surface area contributed by atoms with Crippen LogP contribution in [0.3, 0.4) is 0 Å². The number of aryl methyl sites for hydroxylation is 12. The van der Waals surface area contributed by atoms with Crippen LogP contribution in [0.25, 0.3) is 110 Å². The van der Waals surface area contributed by atoms with Crippen molar-refractivity contribution in [2.45, 2.75) is 160 Å². The van der Waals surface area contributed by atoms with Crippen molar-refractivity contribution in [3.63, 3.8) is 0 Å². The molecule has 2 aliphatic rings. The molecule has 0 fully saturated rings. The van der Waals surface area contributed by atoms with E-state index in [0.717, 1.165) is 136 Å². The Morgan fingerprint density at radius 1 is 0.313 bits per heavy atom. The number of fused-ring (bicyclic) bond motifs is 14. The summed E-state index contributed by atoms with van der Waals surface area (Å²) in [6.45, 7) is 26.2. The second kappa shape index (κ2) is 26.2. The second-order valence-electron chi connectivity index (χ2n) is 27.0. The second-order valence-corrected chi connectivity index (χ2v) is 31.9. The first kappa shape index (κ1) is 67.1. The van der Waals surface area contributed by atoms with Crippen LogP contribution in [0.4, 0.5) is 11.4 Å². The lowest BCUT2D eigenvalue weighted by molar-refractivity contribution is -0.384. The molecule has 1 N–H and O–H groups in total. The third-order valence-electron chi connectivity index (χ3n) is 21.8. The summed E-state index contributed by atoms with van der Waals surface area (Å²) in [4.78, 5) is 42.3. The van der Waals surface area contributed by atoms with E-state index in [9.17, 15) is 20.2 Å². The van der Waals surface area contributed by atoms with E-state index in [4.69, 9.17) is 4.52 Å². The van der Waals surface area contributed by atoms with Gasteiger partial charge in [0.15, 0.2) is 7.28 Å². The molecule has 12 aromatic rings. The molecule has 2 heterocycles. The lowest BCUT2D eigenvalue weighted by atomic mass is 9.83. The largest absolute Gasteiger partial charge is 0.353 e. The van der Waals surface area contributed by atoms with E-state index in [2.05, 4.69) is 204 Å². The van der Waals surface area contributed by atoms with Gasteiger partial charge in [-0.2, -0.15) is 0 Å². The Morgan fingerprint density at radius 2 is 0.566 bits per heavy atom. The van der Waals surface area contributed by atoms with Crippen molar-refractivity contribution < 1.29 is 19.3 Å². The van der Waals surface area contributed by atoms with E-state index in [1.54, 1.807) is 24.3 Å². The molecule has 500 valence electrons. The molecule has 14 rings (SSSR count). The van der Waals surface area contributed by atoms with Crippen LogP contribution >= 0.6 is 14.6 Å². The molecule has 0 aromatic heterocycles. The number of nitrogens with zero attached hydrogens (tertiary/aromatic N) is 3. The van der Waals surface area contributed by atoms with Crippen molar-refractivity contribution in [1.82, 2.24) is 0 Å². The van der Waals surface area contributed by atoms with Crippen molar-refractivity contribution in [2.75, 3.05) is 0 Å². The average Bonchev–Trinajstić information content (AvgIpc) is 1.51. The molecule has 0 bridgehead atoms. The molecular formula is C88H87N3O6P2.